The minimum atomic E-state index is -4.73. The molecule has 15 heavy (non-hydrogen) atoms. The van der Waals surface area contributed by atoms with Gasteiger partial charge >= 0.3 is 12.1 Å². The number of aliphatic hydroxyl groups is 1. The van der Waals surface area contributed by atoms with Gasteiger partial charge in [0, 0.05) is 12.6 Å². The lowest BCUT2D eigenvalue weighted by molar-refractivity contribution is -0.192. The number of alkyl halides is 3. The zero-order valence-electron chi connectivity index (χ0n) is 7.79. The monoisotopic (exact) mass is 227 g/mol. The molecule has 7 heteroatoms. The van der Waals surface area contributed by atoms with Gasteiger partial charge in [-0.3, -0.25) is 4.79 Å². The van der Waals surface area contributed by atoms with Crippen molar-refractivity contribution in [1.29, 1.82) is 0 Å². The maximum Gasteiger partial charge on any atom is 0.403 e. The molecular weight excluding hydrogens is 215 g/mol. The fraction of sp³-hybridized carbons (Fsp3) is 0.875. The molecule has 1 atom stereocenters. The first kappa shape index (κ1) is 12.3. The van der Waals surface area contributed by atoms with Crippen LogP contribution in [0.1, 0.15) is 12.8 Å². The first-order valence-electron chi connectivity index (χ1n) is 4.51. The second kappa shape index (κ2) is 4.36. The van der Waals surface area contributed by atoms with E-state index in [9.17, 15) is 18.0 Å². The lowest BCUT2D eigenvalue weighted by Crippen LogP contribution is -2.49. The molecule has 1 fully saturated rings. The molecule has 0 bridgehead atoms. The van der Waals surface area contributed by atoms with Gasteiger partial charge in [0.1, 0.15) is 0 Å². The number of nitrogens with one attached hydrogen (secondary N) is 1. The summed E-state index contributed by atoms with van der Waals surface area (Å²) in [5.74, 6) is -4.26. The number of carboxylic acids is 1. The highest BCUT2D eigenvalue weighted by molar-refractivity contribution is 5.71. The fourth-order valence-electron chi connectivity index (χ4n) is 1.38. The SMILES string of the molecule is O=C(O)C(CNC1CC(O)C1)C(F)(F)F. The van der Waals surface area contributed by atoms with E-state index in [1.165, 1.54) is 0 Å². The molecule has 1 aliphatic rings. The molecule has 0 aromatic rings. The number of hydrogen-bond acceptors (Lipinski definition) is 3. The van der Waals surface area contributed by atoms with E-state index >= 15 is 0 Å². The summed E-state index contributed by atoms with van der Waals surface area (Å²) in [5, 5.41) is 19.7. The summed E-state index contributed by atoms with van der Waals surface area (Å²) in [6, 6.07) is -0.204. The van der Waals surface area contributed by atoms with Crippen LogP contribution in [0.25, 0.3) is 0 Å². The van der Waals surface area contributed by atoms with E-state index in [-0.39, 0.29) is 6.04 Å². The maximum absolute atomic E-state index is 12.1. The molecule has 4 nitrogen and oxygen atoms in total. The molecule has 1 rings (SSSR count). The largest absolute Gasteiger partial charge is 0.481 e. The molecule has 0 heterocycles. The van der Waals surface area contributed by atoms with Gasteiger partial charge in [0.2, 0.25) is 0 Å². The molecule has 3 N–H and O–H groups in total. The molecule has 0 radical (unpaired) electrons. The Balaban J connectivity index is 2.36. The normalized spacial score (nSPS) is 28.3. The maximum atomic E-state index is 12.1. The van der Waals surface area contributed by atoms with Crippen molar-refractivity contribution >= 4 is 5.97 Å². The van der Waals surface area contributed by atoms with Crippen molar-refractivity contribution in [3.05, 3.63) is 0 Å². The summed E-state index contributed by atoms with van der Waals surface area (Å²) >= 11 is 0. The Morgan fingerprint density at radius 2 is 2.00 bits per heavy atom. The highest BCUT2D eigenvalue weighted by Crippen LogP contribution is 2.27. The number of carbonyl (C=O) groups is 1. The van der Waals surface area contributed by atoms with Crippen LogP contribution in [0, 0.1) is 5.92 Å². The molecule has 0 saturated heterocycles. The molecule has 88 valence electrons. The Labute approximate surface area is 84.1 Å². The Morgan fingerprint density at radius 3 is 2.33 bits per heavy atom. The van der Waals surface area contributed by atoms with E-state index < -0.39 is 30.7 Å². The predicted octanol–water partition coefficient (Wildman–Crippen LogP) is 0.362. The Hall–Kier alpha value is -0.820. The predicted molar refractivity (Wildman–Crippen MR) is 44.2 cm³/mol. The second-order valence-electron chi connectivity index (χ2n) is 3.66. The van der Waals surface area contributed by atoms with Crippen LogP contribution >= 0.6 is 0 Å². The van der Waals surface area contributed by atoms with Crippen LogP contribution in [-0.4, -0.2) is 41.0 Å². The van der Waals surface area contributed by atoms with Gasteiger partial charge in [0.05, 0.1) is 6.10 Å². The molecule has 1 aliphatic carbocycles. The third-order valence-electron chi connectivity index (χ3n) is 2.42. The van der Waals surface area contributed by atoms with Crippen molar-refractivity contribution in [1.82, 2.24) is 5.32 Å². The van der Waals surface area contributed by atoms with Crippen molar-refractivity contribution in [2.75, 3.05) is 6.54 Å². The standard InChI is InChI=1S/C8H12F3NO3/c9-8(10,11)6(7(14)15)3-12-4-1-5(13)2-4/h4-6,12-13H,1-3H2,(H,14,15). The van der Waals surface area contributed by atoms with Gasteiger partial charge < -0.3 is 15.5 Å². The zero-order valence-corrected chi connectivity index (χ0v) is 7.79. The smallest absolute Gasteiger partial charge is 0.403 e. The summed E-state index contributed by atoms with van der Waals surface area (Å²) in [5.41, 5.74) is 0. The van der Waals surface area contributed by atoms with Crippen LogP contribution in [0.3, 0.4) is 0 Å². The quantitative estimate of drug-likeness (QED) is 0.648. The lowest BCUT2D eigenvalue weighted by atomic mass is 9.89. The van der Waals surface area contributed by atoms with Gasteiger partial charge in [-0.05, 0) is 12.8 Å². The van der Waals surface area contributed by atoms with E-state index in [0.29, 0.717) is 12.8 Å². The molecule has 0 aromatic carbocycles. The van der Waals surface area contributed by atoms with Gasteiger partial charge in [-0.15, -0.1) is 0 Å². The third kappa shape index (κ3) is 3.35. The summed E-state index contributed by atoms with van der Waals surface area (Å²) in [6.07, 6.45) is -4.45. The molecule has 1 saturated carbocycles. The Kier molecular flexibility index (Phi) is 3.56. The zero-order chi connectivity index (χ0) is 11.6. The van der Waals surface area contributed by atoms with E-state index in [0.717, 1.165) is 0 Å². The van der Waals surface area contributed by atoms with Gasteiger partial charge in [0.15, 0.2) is 5.92 Å². The molecule has 1 unspecified atom stereocenters. The summed E-state index contributed by atoms with van der Waals surface area (Å²) in [6.45, 7) is -0.643. The number of hydrogen-bond donors (Lipinski definition) is 3. The van der Waals surface area contributed by atoms with Crippen molar-refractivity contribution in [3.8, 4) is 0 Å². The van der Waals surface area contributed by atoms with Crippen molar-refractivity contribution in [2.45, 2.75) is 31.2 Å². The fourth-order valence-corrected chi connectivity index (χ4v) is 1.38. The topological polar surface area (TPSA) is 69.6 Å². The minimum absolute atomic E-state index is 0.204. The summed E-state index contributed by atoms with van der Waals surface area (Å²) < 4.78 is 36.4. The van der Waals surface area contributed by atoms with Crippen molar-refractivity contribution in [3.63, 3.8) is 0 Å². The molecule has 0 aromatic heterocycles. The second-order valence-corrected chi connectivity index (χ2v) is 3.66. The van der Waals surface area contributed by atoms with Gasteiger partial charge in [-0.2, -0.15) is 13.2 Å². The molecule has 0 aliphatic heterocycles. The van der Waals surface area contributed by atoms with E-state index in [1.54, 1.807) is 0 Å². The average molecular weight is 227 g/mol. The minimum Gasteiger partial charge on any atom is -0.481 e. The first-order valence-corrected chi connectivity index (χ1v) is 4.51. The van der Waals surface area contributed by atoms with Crippen LogP contribution in [0.2, 0.25) is 0 Å². The number of carboxylic acid groups (broad SMARTS) is 1. The molecule has 0 amide bonds. The average Bonchev–Trinajstić information content (AvgIpc) is 1.97. The van der Waals surface area contributed by atoms with E-state index in [1.807, 2.05) is 0 Å². The Morgan fingerprint density at radius 1 is 1.47 bits per heavy atom. The highest BCUT2D eigenvalue weighted by Gasteiger charge is 2.45. The molecular formula is C8H12F3NO3. The van der Waals surface area contributed by atoms with Crippen LogP contribution < -0.4 is 5.32 Å². The van der Waals surface area contributed by atoms with Crippen molar-refractivity contribution in [2.24, 2.45) is 5.92 Å². The number of rotatable bonds is 4. The van der Waals surface area contributed by atoms with Crippen LogP contribution in [0.4, 0.5) is 13.2 Å². The van der Waals surface area contributed by atoms with Crippen LogP contribution in [-0.2, 0) is 4.79 Å². The van der Waals surface area contributed by atoms with Crippen LogP contribution in [0.5, 0.6) is 0 Å². The summed E-state index contributed by atoms with van der Waals surface area (Å²) in [4.78, 5) is 10.3. The highest BCUT2D eigenvalue weighted by atomic mass is 19.4. The number of halogens is 3. The molecule has 0 spiro atoms. The number of aliphatic hydroxyl groups excluding tert-OH is 1. The first-order chi connectivity index (χ1) is 6.80. The van der Waals surface area contributed by atoms with E-state index in [2.05, 4.69) is 5.32 Å². The summed E-state index contributed by atoms with van der Waals surface area (Å²) in [7, 11) is 0. The van der Waals surface area contributed by atoms with Gasteiger partial charge in [-0.25, -0.2) is 0 Å². The lowest BCUT2D eigenvalue weighted by Gasteiger charge is -2.33. The number of aliphatic carboxylic acids is 1. The van der Waals surface area contributed by atoms with Crippen LogP contribution in [0.15, 0.2) is 0 Å². The third-order valence-corrected chi connectivity index (χ3v) is 2.42. The van der Waals surface area contributed by atoms with Crippen molar-refractivity contribution < 1.29 is 28.2 Å². The Bertz CT molecular complexity index is 238. The van der Waals surface area contributed by atoms with E-state index in [4.69, 9.17) is 10.2 Å². The van der Waals surface area contributed by atoms with Gasteiger partial charge in [0.25, 0.3) is 0 Å². The van der Waals surface area contributed by atoms with Gasteiger partial charge in [-0.1, -0.05) is 0 Å².